The normalized spacial score (nSPS) is 11.1. The fourth-order valence-electron chi connectivity index (χ4n) is 0.708. The van der Waals surface area contributed by atoms with Gasteiger partial charge in [-0.25, -0.2) is 0 Å². The van der Waals surface area contributed by atoms with Gasteiger partial charge in [0.25, 0.3) is 6.69 Å². The molecule has 0 atom stereocenters. The van der Waals surface area contributed by atoms with Crippen molar-refractivity contribution in [2.24, 2.45) is 0 Å². The van der Waals surface area contributed by atoms with Crippen LogP contribution >= 0.6 is 22.2 Å². The van der Waals surface area contributed by atoms with Gasteiger partial charge >= 0.3 is 0 Å². The van der Waals surface area contributed by atoms with Crippen LogP contribution in [0.3, 0.4) is 0 Å². The summed E-state index contributed by atoms with van der Waals surface area (Å²) in [5, 5.41) is 0. The average molecular weight is 211 g/mol. The number of hydrogen-bond acceptors (Lipinski definition) is 1. The van der Waals surface area contributed by atoms with Crippen molar-refractivity contribution in [3.05, 3.63) is 12.7 Å². The molecule has 0 aliphatic heterocycles. The maximum atomic E-state index is 10.0. The summed E-state index contributed by atoms with van der Waals surface area (Å²) in [6.07, 6.45) is 3.99. The molecule has 64 valence electrons. The fraction of sp³-hybridized carbons (Fsp3) is 0.571. The molecule has 0 fully saturated rings. The van der Waals surface area contributed by atoms with Crippen LogP contribution < -0.4 is 0 Å². The molecule has 0 radical (unpaired) electrons. The van der Waals surface area contributed by atoms with Gasteiger partial charge in [0.15, 0.2) is 0 Å². The smallest absolute Gasteiger partial charge is 0.252 e. The first-order valence-corrected chi connectivity index (χ1v) is 7.98. The Morgan fingerprint density at radius 3 is 2.27 bits per heavy atom. The summed E-state index contributed by atoms with van der Waals surface area (Å²) in [5.41, 5.74) is 0. The maximum Gasteiger partial charge on any atom is 0.252 e. The molecular weight excluding hydrogens is 199 g/mol. The highest BCUT2D eigenvalue weighted by Gasteiger charge is 2.26. The quantitative estimate of drug-likeness (QED) is 0.285. The summed E-state index contributed by atoms with van der Waals surface area (Å²) in [6.45, 7) is 1.48. The Morgan fingerprint density at radius 2 is 1.82 bits per heavy atom. The molecule has 0 rings (SSSR count). The molecule has 11 heavy (non-hydrogen) atoms. The van der Waals surface area contributed by atoms with Gasteiger partial charge in [0.1, 0.15) is 6.29 Å². The predicted octanol–water partition coefficient (Wildman–Crippen LogP) is 3.07. The van der Waals surface area contributed by atoms with Crippen molar-refractivity contribution >= 4 is 35.1 Å². The van der Waals surface area contributed by atoms with E-state index < -0.39 is 6.69 Å². The number of rotatable bonds is 6. The maximum absolute atomic E-state index is 10.0. The van der Waals surface area contributed by atoms with Crippen molar-refractivity contribution in [3.8, 4) is 0 Å². The van der Waals surface area contributed by atoms with E-state index in [1.165, 1.54) is 0 Å². The Morgan fingerprint density at radius 1 is 1.27 bits per heavy atom. The van der Waals surface area contributed by atoms with Gasteiger partial charge in [0.2, 0.25) is 0 Å². The van der Waals surface area contributed by atoms with Crippen LogP contribution in [0.4, 0.5) is 0 Å². The Kier molecular flexibility index (Phi) is 5.92. The summed E-state index contributed by atoms with van der Waals surface area (Å²) in [6, 6.07) is 1.46. The van der Waals surface area contributed by atoms with Crippen molar-refractivity contribution in [2.45, 2.75) is 24.9 Å². The van der Waals surface area contributed by atoms with E-state index in [-0.39, 0.29) is 0 Å². The second-order valence-electron chi connectivity index (χ2n) is 2.39. The lowest BCUT2D eigenvalue weighted by Gasteiger charge is -2.12. The third kappa shape index (κ3) is 6.60. The number of carbonyl (C=O) groups is 1. The van der Waals surface area contributed by atoms with E-state index in [1.54, 1.807) is 6.08 Å². The summed E-state index contributed by atoms with van der Waals surface area (Å²) >= 11 is 12.0. The zero-order valence-electron chi connectivity index (χ0n) is 6.35. The Bertz CT molecular complexity index is 122. The third-order valence-electron chi connectivity index (χ3n) is 1.34. The summed E-state index contributed by atoms with van der Waals surface area (Å²) in [7, 11) is 0. The molecule has 0 amide bonds. The fourth-order valence-corrected chi connectivity index (χ4v) is 3.43. The number of aldehydes is 1. The van der Waals surface area contributed by atoms with E-state index in [0.29, 0.717) is 12.5 Å². The van der Waals surface area contributed by atoms with Gasteiger partial charge in [-0.05, 0) is 18.5 Å². The highest BCUT2D eigenvalue weighted by Crippen LogP contribution is 2.27. The van der Waals surface area contributed by atoms with Crippen LogP contribution in [0.5, 0.6) is 0 Å². The molecule has 0 N–H and O–H groups in total. The first-order chi connectivity index (χ1) is 5.12. The zero-order chi connectivity index (χ0) is 8.74. The minimum Gasteiger partial charge on any atom is -0.303 e. The molecule has 0 unspecified atom stereocenters. The Hall–Kier alpha value is 0.207. The second kappa shape index (κ2) is 5.81. The van der Waals surface area contributed by atoms with E-state index in [0.717, 1.165) is 18.8 Å². The zero-order valence-corrected chi connectivity index (χ0v) is 8.87. The standard InChI is InChI=1S/C7H12Cl2OSi/c1-2-3-6-11(8,9)7-4-5-10/h2,5H,1,3-4,6-7H2. The lowest BCUT2D eigenvalue weighted by atomic mass is 10.5. The van der Waals surface area contributed by atoms with Crippen LogP contribution in [-0.2, 0) is 4.79 Å². The summed E-state index contributed by atoms with van der Waals surface area (Å²) < 4.78 is 0. The molecule has 4 heteroatoms. The molecule has 0 aliphatic rings. The highest BCUT2D eigenvalue weighted by atomic mass is 35.7. The number of halogens is 2. The molecule has 0 heterocycles. The molecule has 0 spiro atoms. The minimum atomic E-state index is -2.10. The summed E-state index contributed by atoms with van der Waals surface area (Å²) in [4.78, 5) is 10.0. The minimum absolute atomic E-state index is 0.483. The predicted molar refractivity (Wildman–Crippen MR) is 52.6 cm³/mol. The van der Waals surface area contributed by atoms with Crippen LogP contribution in [0.2, 0.25) is 12.1 Å². The van der Waals surface area contributed by atoms with Crippen LogP contribution in [0, 0.1) is 0 Å². The highest BCUT2D eigenvalue weighted by molar-refractivity contribution is 7.45. The van der Waals surface area contributed by atoms with E-state index in [4.69, 9.17) is 22.2 Å². The van der Waals surface area contributed by atoms with Gasteiger partial charge in [-0.1, -0.05) is 6.08 Å². The van der Waals surface area contributed by atoms with Gasteiger partial charge in [0, 0.05) is 6.42 Å². The third-order valence-corrected chi connectivity index (χ3v) is 5.65. The molecule has 0 saturated heterocycles. The monoisotopic (exact) mass is 210 g/mol. The summed E-state index contributed by atoms with van der Waals surface area (Å²) in [5.74, 6) is 0. The van der Waals surface area contributed by atoms with Gasteiger partial charge in [-0.3, -0.25) is 0 Å². The van der Waals surface area contributed by atoms with Gasteiger partial charge in [-0.2, -0.15) is 0 Å². The van der Waals surface area contributed by atoms with Crippen LogP contribution in [0.15, 0.2) is 12.7 Å². The second-order valence-corrected chi connectivity index (χ2v) is 10.0. The van der Waals surface area contributed by atoms with Crippen LogP contribution in [0.25, 0.3) is 0 Å². The van der Waals surface area contributed by atoms with Gasteiger partial charge < -0.3 is 4.79 Å². The van der Waals surface area contributed by atoms with Crippen molar-refractivity contribution in [3.63, 3.8) is 0 Å². The molecule has 0 aliphatic carbocycles. The van der Waals surface area contributed by atoms with Crippen molar-refractivity contribution in [1.29, 1.82) is 0 Å². The van der Waals surface area contributed by atoms with E-state index in [9.17, 15) is 4.79 Å². The van der Waals surface area contributed by atoms with Gasteiger partial charge in [-0.15, -0.1) is 28.7 Å². The van der Waals surface area contributed by atoms with E-state index in [1.807, 2.05) is 0 Å². The largest absolute Gasteiger partial charge is 0.303 e. The molecule has 1 nitrogen and oxygen atoms in total. The van der Waals surface area contributed by atoms with Gasteiger partial charge in [0.05, 0.1) is 0 Å². The molecular formula is C7H12Cl2OSi. The number of carbonyl (C=O) groups excluding carboxylic acids is 1. The van der Waals surface area contributed by atoms with E-state index >= 15 is 0 Å². The van der Waals surface area contributed by atoms with Crippen LogP contribution in [-0.4, -0.2) is 13.0 Å². The number of hydrogen-bond donors (Lipinski definition) is 0. The first kappa shape index (κ1) is 11.2. The van der Waals surface area contributed by atoms with Crippen molar-refractivity contribution in [2.75, 3.05) is 0 Å². The Balaban J connectivity index is 3.59. The average Bonchev–Trinajstić information content (AvgIpc) is 1.97. The van der Waals surface area contributed by atoms with Crippen molar-refractivity contribution < 1.29 is 4.79 Å². The van der Waals surface area contributed by atoms with Crippen molar-refractivity contribution in [1.82, 2.24) is 0 Å². The van der Waals surface area contributed by atoms with E-state index in [2.05, 4.69) is 6.58 Å². The number of allylic oxidation sites excluding steroid dienone is 1. The lowest BCUT2D eigenvalue weighted by molar-refractivity contribution is -0.107. The first-order valence-electron chi connectivity index (χ1n) is 3.55. The molecule has 0 aromatic heterocycles. The Labute approximate surface area is 77.8 Å². The molecule has 0 bridgehead atoms. The topological polar surface area (TPSA) is 17.1 Å². The lowest BCUT2D eigenvalue weighted by Crippen LogP contribution is -2.17. The molecule has 0 saturated carbocycles. The SMILES string of the molecule is C=CCC[Si](Cl)(Cl)CCC=O. The molecule has 0 aromatic rings. The van der Waals surface area contributed by atoms with Crippen LogP contribution in [0.1, 0.15) is 12.8 Å². The molecule has 0 aromatic carbocycles.